The van der Waals surface area contributed by atoms with Crippen molar-refractivity contribution >= 4 is 28.8 Å². The van der Waals surface area contributed by atoms with Crippen molar-refractivity contribution in [3.05, 3.63) is 29.6 Å². The summed E-state index contributed by atoms with van der Waals surface area (Å²) in [6, 6.07) is 5.36. The zero-order valence-electron chi connectivity index (χ0n) is 11.2. The quantitative estimate of drug-likeness (QED) is 0.825. The van der Waals surface area contributed by atoms with Gasteiger partial charge in [0.15, 0.2) is 0 Å². The van der Waals surface area contributed by atoms with Gasteiger partial charge in [0, 0.05) is 13.0 Å². The number of aryl methyl sites for hydroxylation is 2. The minimum atomic E-state index is -0.915. The molecule has 0 unspecified atom stereocenters. The molecule has 0 saturated heterocycles. The van der Waals surface area contributed by atoms with Gasteiger partial charge in [0.2, 0.25) is 0 Å². The maximum Gasteiger partial charge on any atom is 0.337 e. The molecule has 0 radical (unpaired) electrons. The molecule has 0 amide bonds. The number of fused-ring (bicyclic) bond motifs is 1. The Morgan fingerprint density at radius 1 is 1.47 bits per heavy atom. The highest BCUT2D eigenvalue weighted by Crippen LogP contribution is 2.21. The Labute approximate surface area is 116 Å². The number of thioether (sulfide) groups is 1. The van der Waals surface area contributed by atoms with Gasteiger partial charge < -0.3 is 9.67 Å². The van der Waals surface area contributed by atoms with Gasteiger partial charge in [-0.3, -0.25) is 0 Å². The van der Waals surface area contributed by atoms with Crippen molar-refractivity contribution in [3.8, 4) is 0 Å². The number of rotatable bonds is 6. The van der Waals surface area contributed by atoms with Crippen molar-refractivity contribution in [2.45, 2.75) is 26.3 Å². The molecule has 4 nitrogen and oxygen atoms in total. The van der Waals surface area contributed by atoms with Crippen molar-refractivity contribution in [1.82, 2.24) is 9.55 Å². The number of aromatic carboxylic acids is 1. The normalized spacial score (nSPS) is 11.1. The second-order valence-corrected chi connectivity index (χ2v) is 5.34. The fraction of sp³-hybridized carbons (Fsp3) is 0.429. The number of para-hydroxylation sites is 1. The highest BCUT2D eigenvalue weighted by atomic mass is 32.2. The van der Waals surface area contributed by atoms with E-state index < -0.39 is 5.97 Å². The van der Waals surface area contributed by atoms with Crippen LogP contribution in [0.1, 0.15) is 29.5 Å². The van der Waals surface area contributed by atoms with Crippen LogP contribution < -0.4 is 0 Å². The lowest BCUT2D eigenvalue weighted by molar-refractivity contribution is 0.0699. The lowest BCUT2D eigenvalue weighted by Gasteiger charge is -2.07. The largest absolute Gasteiger partial charge is 0.478 e. The van der Waals surface area contributed by atoms with Gasteiger partial charge in [-0.25, -0.2) is 9.78 Å². The molecule has 2 rings (SSSR count). The molecule has 0 fully saturated rings. The van der Waals surface area contributed by atoms with Gasteiger partial charge in [-0.15, -0.1) is 0 Å². The molecule has 19 heavy (non-hydrogen) atoms. The van der Waals surface area contributed by atoms with E-state index in [1.807, 2.05) is 24.8 Å². The third-order valence-corrected chi connectivity index (χ3v) is 3.83. The van der Waals surface area contributed by atoms with E-state index in [9.17, 15) is 9.90 Å². The van der Waals surface area contributed by atoms with Gasteiger partial charge in [0.05, 0.1) is 11.1 Å². The summed E-state index contributed by atoms with van der Waals surface area (Å²) in [5.74, 6) is 1.15. The van der Waals surface area contributed by atoms with Crippen LogP contribution in [0.2, 0.25) is 0 Å². The standard InChI is InChI=1S/C14H18N2O2S/c1-3-12-15-13-10(14(17)18)6-4-7-11(13)16(12)8-5-9-19-2/h4,6-7H,3,5,8-9H2,1-2H3,(H,17,18). The predicted octanol–water partition coefficient (Wildman–Crippen LogP) is 3.05. The first-order chi connectivity index (χ1) is 9.19. The lowest BCUT2D eigenvalue weighted by Crippen LogP contribution is -2.04. The first-order valence-corrected chi connectivity index (χ1v) is 7.78. The number of hydrogen-bond acceptors (Lipinski definition) is 3. The Bertz CT molecular complexity index is 592. The third kappa shape index (κ3) is 2.76. The van der Waals surface area contributed by atoms with E-state index in [4.69, 9.17) is 0 Å². The highest BCUT2D eigenvalue weighted by molar-refractivity contribution is 7.98. The van der Waals surface area contributed by atoms with Gasteiger partial charge in [-0.05, 0) is 30.6 Å². The Morgan fingerprint density at radius 3 is 2.89 bits per heavy atom. The van der Waals surface area contributed by atoms with Gasteiger partial charge >= 0.3 is 5.97 Å². The van der Waals surface area contributed by atoms with Crippen molar-refractivity contribution in [3.63, 3.8) is 0 Å². The topological polar surface area (TPSA) is 55.1 Å². The number of carboxylic acid groups (broad SMARTS) is 1. The molecule has 0 atom stereocenters. The number of aromatic nitrogens is 2. The summed E-state index contributed by atoms with van der Waals surface area (Å²) in [5.41, 5.74) is 1.82. The van der Waals surface area contributed by atoms with Crippen LogP contribution in [0.4, 0.5) is 0 Å². The number of hydrogen-bond donors (Lipinski definition) is 1. The molecule has 0 saturated carbocycles. The van der Waals surface area contributed by atoms with E-state index in [0.29, 0.717) is 5.52 Å². The average Bonchev–Trinajstić information content (AvgIpc) is 2.77. The van der Waals surface area contributed by atoms with Crippen molar-refractivity contribution in [2.24, 2.45) is 0 Å². The minimum Gasteiger partial charge on any atom is -0.478 e. The molecule has 2 aromatic rings. The fourth-order valence-electron chi connectivity index (χ4n) is 2.25. The summed E-state index contributed by atoms with van der Waals surface area (Å²) in [7, 11) is 0. The van der Waals surface area contributed by atoms with E-state index in [0.717, 1.165) is 36.5 Å². The average molecular weight is 278 g/mol. The molecule has 1 heterocycles. The molecule has 102 valence electrons. The zero-order valence-corrected chi connectivity index (χ0v) is 12.0. The predicted molar refractivity (Wildman–Crippen MR) is 79.1 cm³/mol. The summed E-state index contributed by atoms with van der Waals surface area (Å²) in [6.07, 6.45) is 3.97. The molecule has 0 aliphatic heterocycles. The van der Waals surface area contributed by atoms with E-state index >= 15 is 0 Å². The smallest absolute Gasteiger partial charge is 0.337 e. The number of nitrogens with zero attached hydrogens (tertiary/aromatic N) is 2. The van der Waals surface area contributed by atoms with Crippen LogP contribution >= 0.6 is 11.8 Å². The molecule has 0 aliphatic carbocycles. The fourth-order valence-corrected chi connectivity index (χ4v) is 2.67. The molecule has 0 aliphatic rings. The summed E-state index contributed by atoms with van der Waals surface area (Å²) >= 11 is 1.82. The Balaban J connectivity index is 2.49. The molecular weight excluding hydrogens is 260 g/mol. The van der Waals surface area contributed by atoms with Crippen LogP contribution in [0.25, 0.3) is 11.0 Å². The zero-order chi connectivity index (χ0) is 13.8. The van der Waals surface area contributed by atoms with Gasteiger partial charge in [-0.1, -0.05) is 13.0 Å². The van der Waals surface area contributed by atoms with Crippen LogP contribution in [-0.2, 0) is 13.0 Å². The summed E-state index contributed by atoms with van der Waals surface area (Å²) in [4.78, 5) is 15.7. The number of benzene rings is 1. The number of carboxylic acids is 1. The van der Waals surface area contributed by atoms with Crippen LogP contribution in [-0.4, -0.2) is 32.6 Å². The first-order valence-electron chi connectivity index (χ1n) is 6.39. The molecule has 1 N–H and O–H groups in total. The van der Waals surface area contributed by atoms with E-state index in [-0.39, 0.29) is 5.56 Å². The summed E-state index contributed by atoms with van der Waals surface area (Å²) in [6.45, 7) is 2.94. The molecule has 1 aromatic carbocycles. The molecular formula is C14H18N2O2S. The number of imidazole rings is 1. The SMILES string of the molecule is CCc1nc2c(C(=O)O)cccc2n1CCCSC. The van der Waals surface area contributed by atoms with Crippen LogP contribution in [0.3, 0.4) is 0 Å². The second-order valence-electron chi connectivity index (χ2n) is 4.36. The van der Waals surface area contributed by atoms with E-state index in [1.165, 1.54) is 0 Å². The van der Waals surface area contributed by atoms with E-state index in [2.05, 4.69) is 15.8 Å². The first kappa shape index (κ1) is 13.9. The van der Waals surface area contributed by atoms with Crippen molar-refractivity contribution in [1.29, 1.82) is 0 Å². The maximum absolute atomic E-state index is 11.2. The number of carbonyl (C=O) groups is 1. The van der Waals surface area contributed by atoms with Gasteiger partial charge in [0.1, 0.15) is 11.3 Å². The molecule has 5 heteroatoms. The van der Waals surface area contributed by atoms with Crippen LogP contribution in [0.5, 0.6) is 0 Å². The van der Waals surface area contributed by atoms with Crippen molar-refractivity contribution < 1.29 is 9.90 Å². The second kappa shape index (κ2) is 6.10. The van der Waals surface area contributed by atoms with Crippen LogP contribution in [0.15, 0.2) is 18.2 Å². The Morgan fingerprint density at radius 2 is 2.26 bits per heavy atom. The summed E-state index contributed by atoms with van der Waals surface area (Å²) < 4.78 is 2.15. The summed E-state index contributed by atoms with van der Waals surface area (Å²) in [5, 5.41) is 9.22. The highest BCUT2D eigenvalue weighted by Gasteiger charge is 2.15. The van der Waals surface area contributed by atoms with Crippen molar-refractivity contribution in [2.75, 3.05) is 12.0 Å². The monoisotopic (exact) mass is 278 g/mol. The Kier molecular flexibility index (Phi) is 4.47. The minimum absolute atomic E-state index is 0.288. The molecule has 1 aromatic heterocycles. The third-order valence-electron chi connectivity index (χ3n) is 3.13. The lowest BCUT2D eigenvalue weighted by atomic mass is 10.2. The van der Waals surface area contributed by atoms with Gasteiger partial charge in [-0.2, -0.15) is 11.8 Å². The maximum atomic E-state index is 11.2. The molecule has 0 spiro atoms. The van der Waals surface area contributed by atoms with E-state index in [1.54, 1.807) is 12.1 Å². The molecule has 0 bridgehead atoms. The Hall–Kier alpha value is -1.49. The van der Waals surface area contributed by atoms with Gasteiger partial charge in [0.25, 0.3) is 0 Å². The van der Waals surface area contributed by atoms with Crippen LogP contribution in [0, 0.1) is 0 Å².